The van der Waals surface area contributed by atoms with Crippen LogP contribution in [0.25, 0.3) is 0 Å². The summed E-state index contributed by atoms with van der Waals surface area (Å²) in [5, 5.41) is 11.3. The first-order valence-corrected chi connectivity index (χ1v) is 4.93. The largest absolute Gasteiger partial charge is 0.467 e. The van der Waals surface area contributed by atoms with E-state index in [0.29, 0.717) is 13.1 Å². The standard InChI is InChI=1S/C9H16N2O4/c1-15-8(13)7(6-12)10-9(14)11-4-2-3-5-11/h7,12H,2-6H2,1H3,(H,10,14). The Bertz CT molecular complexity index is 238. The Hall–Kier alpha value is -1.30. The Labute approximate surface area is 88.2 Å². The highest BCUT2D eigenvalue weighted by molar-refractivity contribution is 5.83. The van der Waals surface area contributed by atoms with Crippen LogP contribution in [0.3, 0.4) is 0 Å². The lowest BCUT2D eigenvalue weighted by Crippen LogP contribution is -2.49. The molecule has 15 heavy (non-hydrogen) atoms. The van der Waals surface area contributed by atoms with Crippen molar-refractivity contribution in [1.29, 1.82) is 0 Å². The normalized spacial score (nSPS) is 17.3. The van der Waals surface area contributed by atoms with E-state index in [9.17, 15) is 9.59 Å². The van der Waals surface area contributed by atoms with Crippen molar-refractivity contribution in [3.05, 3.63) is 0 Å². The summed E-state index contributed by atoms with van der Waals surface area (Å²) >= 11 is 0. The van der Waals surface area contributed by atoms with Crippen LogP contribution in [0.15, 0.2) is 0 Å². The summed E-state index contributed by atoms with van der Waals surface area (Å²) in [7, 11) is 1.22. The van der Waals surface area contributed by atoms with Gasteiger partial charge < -0.3 is 20.1 Å². The third kappa shape index (κ3) is 3.09. The number of nitrogens with one attached hydrogen (secondary N) is 1. The fourth-order valence-corrected chi connectivity index (χ4v) is 1.48. The second kappa shape index (κ2) is 5.55. The lowest BCUT2D eigenvalue weighted by atomic mass is 10.3. The molecule has 86 valence electrons. The van der Waals surface area contributed by atoms with Crippen molar-refractivity contribution >= 4 is 12.0 Å². The van der Waals surface area contributed by atoms with E-state index in [0.717, 1.165) is 12.8 Å². The van der Waals surface area contributed by atoms with Crippen LogP contribution in [0, 0.1) is 0 Å². The van der Waals surface area contributed by atoms with E-state index in [4.69, 9.17) is 5.11 Å². The maximum Gasteiger partial charge on any atom is 0.330 e. The van der Waals surface area contributed by atoms with E-state index in [1.54, 1.807) is 4.90 Å². The maximum absolute atomic E-state index is 11.5. The molecule has 1 unspecified atom stereocenters. The molecule has 0 spiro atoms. The fourth-order valence-electron chi connectivity index (χ4n) is 1.48. The monoisotopic (exact) mass is 216 g/mol. The number of nitrogens with zero attached hydrogens (tertiary/aromatic N) is 1. The van der Waals surface area contributed by atoms with Crippen LogP contribution in [0.2, 0.25) is 0 Å². The summed E-state index contributed by atoms with van der Waals surface area (Å²) in [5.41, 5.74) is 0. The zero-order chi connectivity index (χ0) is 11.3. The van der Waals surface area contributed by atoms with Crippen LogP contribution in [-0.2, 0) is 9.53 Å². The van der Waals surface area contributed by atoms with E-state index >= 15 is 0 Å². The number of aliphatic hydroxyl groups is 1. The summed E-state index contributed by atoms with van der Waals surface area (Å²) in [6.45, 7) is 0.947. The quantitative estimate of drug-likeness (QED) is 0.613. The van der Waals surface area contributed by atoms with Crippen LogP contribution >= 0.6 is 0 Å². The van der Waals surface area contributed by atoms with Gasteiger partial charge >= 0.3 is 12.0 Å². The fraction of sp³-hybridized carbons (Fsp3) is 0.778. The molecule has 1 aliphatic rings. The number of aliphatic hydroxyl groups excluding tert-OH is 1. The summed E-state index contributed by atoms with van der Waals surface area (Å²) in [4.78, 5) is 24.2. The number of carbonyl (C=O) groups is 2. The molecule has 1 heterocycles. The maximum atomic E-state index is 11.5. The number of esters is 1. The molecule has 0 aromatic heterocycles. The van der Waals surface area contributed by atoms with Gasteiger partial charge in [0, 0.05) is 13.1 Å². The molecule has 1 fully saturated rings. The topological polar surface area (TPSA) is 78.9 Å². The number of hydrogen-bond donors (Lipinski definition) is 2. The second-order valence-corrected chi connectivity index (χ2v) is 3.40. The van der Waals surface area contributed by atoms with Crippen molar-refractivity contribution in [2.24, 2.45) is 0 Å². The lowest BCUT2D eigenvalue weighted by molar-refractivity contribution is -0.143. The predicted molar refractivity (Wildman–Crippen MR) is 52.2 cm³/mol. The van der Waals surface area contributed by atoms with Gasteiger partial charge in [0.05, 0.1) is 13.7 Å². The van der Waals surface area contributed by atoms with Crippen LogP contribution in [-0.4, -0.2) is 54.9 Å². The molecule has 6 heteroatoms. The van der Waals surface area contributed by atoms with Gasteiger partial charge in [0.1, 0.15) is 0 Å². The molecule has 6 nitrogen and oxygen atoms in total. The van der Waals surface area contributed by atoms with Gasteiger partial charge in [-0.05, 0) is 12.8 Å². The van der Waals surface area contributed by atoms with E-state index in [2.05, 4.69) is 10.1 Å². The average Bonchev–Trinajstić information content (AvgIpc) is 2.77. The van der Waals surface area contributed by atoms with Gasteiger partial charge in [0.15, 0.2) is 6.04 Å². The molecule has 1 saturated heterocycles. The minimum absolute atomic E-state index is 0.322. The zero-order valence-corrected chi connectivity index (χ0v) is 8.73. The minimum Gasteiger partial charge on any atom is -0.467 e. The Kier molecular flexibility index (Phi) is 4.36. The first kappa shape index (κ1) is 11.8. The Morgan fingerprint density at radius 2 is 2.07 bits per heavy atom. The van der Waals surface area contributed by atoms with Gasteiger partial charge in [-0.1, -0.05) is 0 Å². The minimum atomic E-state index is -0.969. The third-order valence-electron chi connectivity index (χ3n) is 2.36. The highest BCUT2D eigenvalue weighted by Crippen LogP contribution is 2.07. The molecule has 1 atom stereocenters. The van der Waals surface area contributed by atoms with E-state index < -0.39 is 18.6 Å². The third-order valence-corrected chi connectivity index (χ3v) is 2.36. The second-order valence-electron chi connectivity index (χ2n) is 3.40. The Morgan fingerprint density at radius 1 is 1.47 bits per heavy atom. The molecule has 0 radical (unpaired) electrons. The van der Waals surface area contributed by atoms with E-state index in [1.807, 2.05) is 0 Å². The van der Waals surface area contributed by atoms with Crippen molar-refractivity contribution < 1.29 is 19.4 Å². The van der Waals surface area contributed by atoms with Crippen LogP contribution in [0.1, 0.15) is 12.8 Å². The lowest BCUT2D eigenvalue weighted by Gasteiger charge is -2.20. The summed E-state index contributed by atoms with van der Waals surface area (Å²) < 4.78 is 4.43. The number of carbonyl (C=O) groups excluding carboxylic acids is 2. The molecule has 2 N–H and O–H groups in total. The molecular weight excluding hydrogens is 200 g/mol. The molecule has 0 aliphatic carbocycles. The van der Waals surface area contributed by atoms with Gasteiger partial charge in [-0.25, -0.2) is 9.59 Å². The number of urea groups is 1. The van der Waals surface area contributed by atoms with E-state index in [-0.39, 0.29) is 6.03 Å². The van der Waals surface area contributed by atoms with Crippen molar-refractivity contribution in [3.8, 4) is 0 Å². The van der Waals surface area contributed by atoms with Gasteiger partial charge in [-0.3, -0.25) is 0 Å². The van der Waals surface area contributed by atoms with Crippen molar-refractivity contribution in [3.63, 3.8) is 0 Å². The molecule has 0 saturated carbocycles. The van der Waals surface area contributed by atoms with Gasteiger partial charge in [-0.2, -0.15) is 0 Å². The molecule has 2 amide bonds. The van der Waals surface area contributed by atoms with Gasteiger partial charge in [0.2, 0.25) is 0 Å². The van der Waals surface area contributed by atoms with Crippen LogP contribution in [0.4, 0.5) is 4.79 Å². The molecule has 0 aromatic carbocycles. The predicted octanol–water partition coefficient (Wildman–Crippen LogP) is -0.674. The smallest absolute Gasteiger partial charge is 0.330 e. The number of amides is 2. The summed E-state index contributed by atoms with van der Waals surface area (Å²) in [5.74, 6) is -0.634. The number of ether oxygens (including phenoxy) is 1. The Balaban J connectivity index is 2.43. The molecule has 0 aromatic rings. The Morgan fingerprint density at radius 3 is 2.53 bits per heavy atom. The first-order chi connectivity index (χ1) is 7.19. The number of rotatable bonds is 3. The number of methoxy groups -OCH3 is 1. The number of likely N-dealkylation sites (tertiary alicyclic amines) is 1. The van der Waals surface area contributed by atoms with E-state index in [1.165, 1.54) is 7.11 Å². The molecule has 1 aliphatic heterocycles. The summed E-state index contributed by atoms with van der Waals surface area (Å²) in [6.07, 6.45) is 1.96. The first-order valence-electron chi connectivity index (χ1n) is 4.93. The SMILES string of the molecule is COC(=O)C(CO)NC(=O)N1CCCC1. The summed E-state index contributed by atoms with van der Waals surface area (Å²) in [6, 6.07) is -1.29. The van der Waals surface area contributed by atoms with Crippen LogP contribution < -0.4 is 5.32 Å². The molecule has 0 bridgehead atoms. The molecular formula is C9H16N2O4. The zero-order valence-electron chi connectivity index (χ0n) is 8.73. The molecule has 1 rings (SSSR count). The van der Waals surface area contributed by atoms with Crippen LogP contribution in [0.5, 0.6) is 0 Å². The van der Waals surface area contributed by atoms with Crippen molar-refractivity contribution in [1.82, 2.24) is 10.2 Å². The number of hydrogen-bond acceptors (Lipinski definition) is 4. The highest BCUT2D eigenvalue weighted by atomic mass is 16.5. The highest BCUT2D eigenvalue weighted by Gasteiger charge is 2.24. The van der Waals surface area contributed by atoms with Crippen molar-refractivity contribution in [2.45, 2.75) is 18.9 Å². The van der Waals surface area contributed by atoms with Crippen molar-refractivity contribution in [2.75, 3.05) is 26.8 Å². The average molecular weight is 216 g/mol. The van der Waals surface area contributed by atoms with Gasteiger partial charge in [0.25, 0.3) is 0 Å². The van der Waals surface area contributed by atoms with Gasteiger partial charge in [-0.15, -0.1) is 0 Å².